The van der Waals surface area contributed by atoms with Crippen molar-refractivity contribution in [2.45, 2.75) is 13.0 Å². The highest BCUT2D eigenvalue weighted by molar-refractivity contribution is 6.17. The van der Waals surface area contributed by atoms with Gasteiger partial charge in [0.1, 0.15) is 16.9 Å². The number of nitrogen functional groups attached to an aromatic ring is 1. The van der Waals surface area contributed by atoms with E-state index < -0.39 is 0 Å². The zero-order valence-electron chi connectivity index (χ0n) is 19.0. The molecule has 4 aromatic carbocycles. The number of fused-ring (bicyclic) bond motifs is 3. The van der Waals surface area contributed by atoms with E-state index in [9.17, 15) is 4.79 Å². The molecule has 1 amide bonds. The first-order valence-corrected chi connectivity index (χ1v) is 11.6. The largest absolute Gasteiger partial charge is 0.384 e. The number of nitrogens with zero attached hydrogens (tertiary/aromatic N) is 3. The molecule has 0 saturated heterocycles. The predicted octanol–water partition coefficient (Wildman–Crippen LogP) is 5.81. The molecule has 0 fully saturated rings. The first-order chi connectivity index (χ1) is 17.2. The first kappa shape index (κ1) is 20.9. The van der Waals surface area contributed by atoms with Crippen molar-refractivity contribution in [2.24, 2.45) is 0 Å². The third kappa shape index (κ3) is 3.75. The third-order valence-corrected chi connectivity index (χ3v) is 6.32. The number of aromatic nitrogens is 3. The van der Waals surface area contributed by atoms with E-state index in [0.29, 0.717) is 29.1 Å². The van der Waals surface area contributed by atoms with Gasteiger partial charge in [0.2, 0.25) is 0 Å². The predicted molar refractivity (Wildman–Crippen MR) is 141 cm³/mol. The van der Waals surface area contributed by atoms with Crippen molar-refractivity contribution in [1.29, 1.82) is 0 Å². The van der Waals surface area contributed by atoms with Gasteiger partial charge in [-0.05, 0) is 35.6 Å². The number of nitrogens with one attached hydrogen (secondary N) is 1. The van der Waals surface area contributed by atoms with Crippen LogP contribution in [0, 0.1) is 0 Å². The Balaban J connectivity index is 1.47. The van der Waals surface area contributed by atoms with Crippen LogP contribution in [-0.4, -0.2) is 20.4 Å². The molecule has 6 aromatic rings. The minimum Gasteiger partial charge on any atom is -0.384 e. The number of rotatable bonds is 5. The minimum absolute atomic E-state index is 0.299. The SMILES string of the molecule is Nc1c(C(=O)Nc2cccc3ccccc23)c2nc3ccccc3nc2n1CCc1ccccc1. The number of aryl methyl sites for hydroxylation is 2. The van der Waals surface area contributed by atoms with Crippen LogP contribution in [0.2, 0.25) is 0 Å². The molecule has 2 aromatic heterocycles. The van der Waals surface area contributed by atoms with E-state index in [-0.39, 0.29) is 5.91 Å². The van der Waals surface area contributed by atoms with Gasteiger partial charge in [-0.25, -0.2) is 9.97 Å². The summed E-state index contributed by atoms with van der Waals surface area (Å²) in [6.45, 7) is 0.584. The second-order valence-corrected chi connectivity index (χ2v) is 8.51. The Kier molecular flexibility index (Phi) is 5.11. The summed E-state index contributed by atoms with van der Waals surface area (Å²) < 4.78 is 1.90. The summed E-state index contributed by atoms with van der Waals surface area (Å²) in [5, 5.41) is 5.08. The van der Waals surface area contributed by atoms with Gasteiger partial charge in [-0.3, -0.25) is 4.79 Å². The van der Waals surface area contributed by atoms with Crippen molar-refractivity contribution in [3.05, 3.63) is 108 Å². The van der Waals surface area contributed by atoms with Gasteiger partial charge in [-0.15, -0.1) is 0 Å². The van der Waals surface area contributed by atoms with Gasteiger partial charge >= 0.3 is 0 Å². The molecule has 6 nitrogen and oxygen atoms in total. The van der Waals surface area contributed by atoms with E-state index >= 15 is 0 Å². The Labute approximate surface area is 202 Å². The van der Waals surface area contributed by atoms with Crippen LogP contribution in [0.1, 0.15) is 15.9 Å². The fourth-order valence-corrected chi connectivity index (χ4v) is 4.57. The lowest BCUT2D eigenvalue weighted by molar-refractivity contribution is 0.102. The van der Waals surface area contributed by atoms with Gasteiger partial charge < -0.3 is 15.6 Å². The molecular weight excluding hydrogens is 434 g/mol. The summed E-state index contributed by atoms with van der Waals surface area (Å²) in [4.78, 5) is 23.3. The average Bonchev–Trinajstić information content (AvgIpc) is 3.16. The van der Waals surface area contributed by atoms with Crippen LogP contribution in [-0.2, 0) is 13.0 Å². The smallest absolute Gasteiger partial charge is 0.261 e. The molecule has 0 saturated carbocycles. The number of carbonyl (C=O) groups is 1. The summed E-state index contributed by atoms with van der Waals surface area (Å²) in [5.74, 6) is 0.0656. The molecule has 0 spiro atoms. The number of nitrogens with two attached hydrogens (primary N) is 1. The van der Waals surface area contributed by atoms with E-state index in [4.69, 9.17) is 15.7 Å². The van der Waals surface area contributed by atoms with Crippen LogP contribution in [0.5, 0.6) is 0 Å². The number of amides is 1. The highest BCUT2D eigenvalue weighted by Gasteiger charge is 2.24. The van der Waals surface area contributed by atoms with Crippen molar-refractivity contribution in [3.63, 3.8) is 0 Å². The number of hydrogen-bond donors (Lipinski definition) is 2. The number of hydrogen-bond acceptors (Lipinski definition) is 4. The Morgan fingerprint density at radius 1 is 0.800 bits per heavy atom. The van der Waals surface area contributed by atoms with Gasteiger partial charge in [0.25, 0.3) is 5.91 Å². The summed E-state index contributed by atoms with van der Waals surface area (Å²) in [6.07, 6.45) is 0.758. The molecule has 2 heterocycles. The first-order valence-electron chi connectivity index (χ1n) is 11.6. The molecule has 0 aliphatic heterocycles. The monoisotopic (exact) mass is 457 g/mol. The Hall–Kier alpha value is -4.71. The number of anilines is 2. The molecule has 0 bridgehead atoms. The van der Waals surface area contributed by atoms with Gasteiger partial charge in [0, 0.05) is 17.6 Å². The Morgan fingerprint density at radius 3 is 2.31 bits per heavy atom. The van der Waals surface area contributed by atoms with Crippen molar-refractivity contribution in [3.8, 4) is 0 Å². The standard InChI is InChI=1S/C29H23N5O/c30-27-25(29(35)33-22-16-8-12-20-11-4-5-13-21(20)22)26-28(32-24-15-7-6-14-23(24)31-26)34(27)18-17-19-9-2-1-3-10-19/h1-16H,17-18,30H2,(H,33,35). The van der Waals surface area contributed by atoms with E-state index in [0.717, 1.165) is 33.9 Å². The number of para-hydroxylation sites is 2. The minimum atomic E-state index is -0.299. The van der Waals surface area contributed by atoms with Crippen LogP contribution < -0.4 is 11.1 Å². The molecule has 0 atom stereocenters. The van der Waals surface area contributed by atoms with Gasteiger partial charge in [-0.2, -0.15) is 0 Å². The number of benzene rings is 4. The van der Waals surface area contributed by atoms with Crippen molar-refractivity contribution in [1.82, 2.24) is 14.5 Å². The highest BCUT2D eigenvalue weighted by Crippen LogP contribution is 2.30. The lowest BCUT2D eigenvalue weighted by Gasteiger charge is -2.10. The average molecular weight is 458 g/mol. The normalized spacial score (nSPS) is 11.3. The van der Waals surface area contributed by atoms with E-state index in [1.165, 1.54) is 5.56 Å². The molecule has 0 aliphatic carbocycles. The lowest BCUT2D eigenvalue weighted by atomic mass is 10.1. The van der Waals surface area contributed by atoms with Crippen LogP contribution in [0.25, 0.3) is 33.0 Å². The van der Waals surface area contributed by atoms with Crippen LogP contribution in [0.4, 0.5) is 11.5 Å². The fourth-order valence-electron chi connectivity index (χ4n) is 4.57. The molecule has 0 unspecified atom stereocenters. The Morgan fingerprint density at radius 2 is 1.49 bits per heavy atom. The Bertz CT molecular complexity index is 1700. The topological polar surface area (TPSA) is 85.8 Å². The summed E-state index contributed by atoms with van der Waals surface area (Å²) >= 11 is 0. The lowest BCUT2D eigenvalue weighted by Crippen LogP contribution is -2.15. The molecular formula is C29H23N5O. The molecule has 170 valence electrons. The van der Waals surface area contributed by atoms with E-state index in [1.54, 1.807) is 0 Å². The summed E-state index contributed by atoms with van der Waals surface area (Å²) in [6, 6.07) is 31.6. The maximum Gasteiger partial charge on any atom is 0.261 e. The summed E-state index contributed by atoms with van der Waals surface area (Å²) in [5.41, 5.74) is 11.5. The van der Waals surface area contributed by atoms with Crippen molar-refractivity contribution < 1.29 is 4.79 Å². The number of carbonyl (C=O) groups excluding carboxylic acids is 1. The van der Waals surface area contributed by atoms with Gasteiger partial charge in [0.05, 0.1) is 11.0 Å². The zero-order chi connectivity index (χ0) is 23.8. The molecule has 3 N–H and O–H groups in total. The maximum atomic E-state index is 13.6. The second-order valence-electron chi connectivity index (χ2n) is 8.51. The molecule has 6 heteroatoms. The van der Waals surface area contributed by atoms with Crippen molar-refractivity contribution in [2.75, 3.05) is 11.1 Å². The molecule has 6 rings (SSSR count). The van der Waals surface area contributed by atoms with E-state index in [1.807, 2.05) is 89.5 Å². The molecule has 0 radical (unpaired) electrons. The molecule has 0 aliphatic rings. The third-order valence-electron chi connectivity index (χ3n) is 6.32. The summed E-state index contributed by atoms with van der Waals surface area (Å²) in [7, 11) is 0. The molecule has 35 heavy (non-hydrogen) atoms. The quantitative estimate of drug-likeness (QED) is 0.342. The van der Waals surface area contributed by atoms with Gasteiger partial charge in [-0.1, -0.05) is 78.9 Å². The fraction of sp³-hybridized carbons (Fsp3) is 0.0690. The van der Waals surface area contributed by atoms with Crippen LogP contribution >= 0.6 is 0 Å². The van der Waals surface area contributed by atoms with Crippen LogP contribution in [0.15, 0.2) is 97.1 Å². The maximum absolute atomic E-state index is 13.6. The van der Waals surface area contributed by atoms with Crippen molar-refractivity contribution >= 4 is 50.4 Å². The second kappa shape index (κ2) is 8.57. The zero-order valence-corrected chi connectivity index (χ0v) is 19.0. The highest BCUT2D eigenvalue weighted by atomic mass is 16.1. The van der Waals surface area contributed by atoms with Gasteiger partial charge in [0.15, 0.2) is 5.65 Å². The van der Waals surface area contributed by atoms with E-state index in [2.05, 4.69) is 17.4 Å². The van der Waals surface area contributed by atoms with Crippen LogP contribution in [0.3, 0.4) is 0 Å².